The van der Waals surface area contributed by atoms with Gasteiger partial charge in [-0.25, -0.2) is 9.98 Å². The van der Waals surface area contributed by atoms with Gasteiger partial charge in [0.25, 0.3) is 0 Å². The molecule has 148 valence electrons. The van der Waals surface area contributed by atoms with Crippen molar-refractivity contribution in [2.45, 2.75) is 19.1 Å². The molecule has 4 N–H and O–H groups in total. The zero-order valence-electron chi connectivity index (χ0n) is 16.3. The van der Waals surface area contributed by atoms with Crippen molar-refractivity contribution in [3.8, 4) is 17.5 Å². The van der Waals surface area contributed by atoms with Gasteiger partial charge < -0.3 is 16.0 Å². The molecule has 0 saturated carbocycles. The Morgan fingerprint density at radius 1 is 1.23 bits per heavy atom. The van der Waals surface area contributed by atoms with Crippen molar-refractivity contribution in [1.29, 1.82) is 5.26 Å². The Kier molecular flexibility index (Phi) is 4.50. The maximum absolute atomic E-state index is 9.52. The third-order valence-corrected chi connectivity index (χ3v) is 5.29. The average Bonchev–Trinajstić information content (AvgIpc) is 3.28. The second-order valence-corrected chi connectivity index (χ2v) is 7.17. The summed E-state index contributed by atoms with van der Waals surface area (Å²) in [4.78, 5) is 13.9. The molecule has 2 aromatic heterocycles. The van der Waals surface area contributed by atoms with E-state index >= 15 is 0 Å². The molecule has 0 bridgehead atoms. The summed E-state index contributed by atoms with van der Waals surface area (Å²) in [7, 11) is 0. The van der Waals surface area contributed by atoms with Crippen molar-refractivity contribution in [2.75, 3.05) is 6.67 Å². The zero-order valence-corrected chi connectivity index (χ0v) is 16.3. The first-order valence-electron chi connectivity index (χ1n) is 9.76. The van der Waals surface area contributed by atoms with Gasteiger partial charge in [-0.05, 0) is 31.2 Å². The summed E-state index contributed by atoms with van der Waals surface area (Å²) in [5.74, 6) is 0.786. The highest BCUT2D eigenvalue weighted by atomic mass is 15.3. The highest BCUT2D eigenvalue weighted by molar-refractivity contribution is 5.87. The topological polar surface area (TPSA) is 110 Å². The van der Waals surface area contributed by atoms with E-state index in [2.05, 4.69) is 50.3 Å². The van der Waals surface area contributed by atoms with Crippen molar-refractivity contribution in [2.24, 2.45) is 4.99 Å². The maximum Gasteiger partial charge on any atom is 0.150 e. The fourth-order valence-corrected chi connectivity index (χ4v) is 3.80. The highest BCUT2D eigenvalue weighted by Crippen LogP contribution is 2.31. The summed E-state index contributed by atoms with van der Waals surface area (Å²) >= 11 is 0. The van der Waals surface area contributed by atoms with Crippen LogP contribution in [0.2, 0.25) is 0 Å². The SMILES string of the molecule is C[C@H](NC1=C2NCNC2NC=N1)c1cc2cccc(C#N)c2nc1-c1ccccn1. The maximum atomic E-state index is 9.52. The lowest BCUT2D eigenvalue weighted by atomic mass is 9.99. The van der Waals surface area contributed by atoms with Gasteiger partial charge in [-0.1, -0.05) is 18.2 Å². The molecule has 2 aliphatic heterocycles. The number of nitrogens with one attached hydrogen (secondary N) is 4. The van der Waals surface area contributed by atoms with E-state index in [1.807, 2.05) is 30.3 Å². The second-order valence-electron chi connectivity index (χ2n) is 7.17. The lowest BCUT2D eigenvalue weighted by Crippen LogP contribution is -2.41. The minimum absolute atomic E-state index is 0.0281. The average molecular weight is 396 g/mol. The van der Waals surface area contributed by atoms with E-state index in [-0.39, 0.29) is 12.2 Å². The molecule has 0 spiro atoms. The second kappa shape index (κ2) is 7.46. The normalized spacial score (nSPS) is 18.3. The molecule has 2 aliphatic rings. The van der Waals surface area contributed by atoms with E-state index < -0.39 is 0 Å². The molecule has 5 rings (SSSR count). The predicted molar refractivity (Wildman–Crippen MR) is 115 cm³/mol. The highest BCUT2D eigenvalue weighted by Gasteiger charge is 2.26. The lowest BCUT2D eigenvalue weighted by molar-refractivity contribution is 0.589. The Morgan fingerprint density at radius 2 is 2.17 bits per heavy atom. The summed E-state index contributed by atoms with van der Waals surface area (Å²) in [6.07, 6.45) is 3.47. The first kappa shape index (κ1) is 18.1. The van der Waals surface area contributed by atoms with E-state index in [4.69, 9.17) is 4.98 Å². The molecule has 8 heteroatoms. The van der Waals surface area contributed by atoms with Gasteiger partial charge in [-0.3, -0.25) is 10.3 Å². The lowest BCUT2D eigenvalue weighted by Gasteiger charge is -2.24. The van der Waals surface area contributed by atoms with Crippen LogP contribution in [0.4, 0.5) is 0 Å². The number of nitrogens with zero attached hydrogens (tertiary/aromatic N) is 4. The molecule has 1 aromatic carbocycles. The van der Waals surface area contributed by atoms with Crippen LogP contribution in [-0.2, 0) is 0 Å². The van der Waals surface area contributed by atoms with E-state index in [1.165, 1.54) is 0 Å². The molecule has 30 heavy (non-hydrogen) atoms. The third-order valence-electron chi connectivity index (χ3n) is 5.29. The Balaban J connectivity index is 1.62. The smallest absolute Gasteiger partial charge is 0.150 e. The first-order valence-corrected chi connectivity index (χ1v) is 9.76. The van der Waals surface area contributed by atoms with Gasteiger partial charge in [-0.2, -0.15) is 5.26 Å². The van der Waals surface area contributed by atoms with E-state index in [0.29, 0.717) is 17.7 Å². The van der Waals surface area contributed by atoms with Gasteiger partial charge in [0.1, 0.15) is 12.2 Å². The summed E-state index contributed by atoms with van der Waals surface area (Å²) in [6, 6.07) is 15.6. The van der Waals surface area contributed by atoms with Crippen LogP contribution in [0.15, 0.2) is 65.2 Å². The number of aliphatic imine (C=N–C) groups is 1. The Hall–Kier alpha value is -3.96. The summed E-state index contributed by atoms with van der Waals surface area (Å²) in [5, 5.41) is 23.8. The van der Waals surface area contributed by atoms with Crippen LogP contribution in [0.3, 0.4) is 0 Å². The van der Waals surface area contributed by atoms with Crippen LogP contribution in [0.1, 0.15) is 24.1 Å². The van der Waals surface area contributed by atoms with Crippen LogP contribution in [0, 0.1) is 11.3 Å². The molecule has 1 saturated heterocycles. The number of pyridine rings is 2. The largest absolute Gasteiger partial charge is 0.370 e. The number of hydrogen-bond donors (Lipinski definition) is 4. The van der Waals surface area contributed by atoms with Crippen LogP contribution in [0.25, 0.3) is 22.3 Å². The molecule has 1 fully saturated rings. The minimum atomic E-state index is -0.0922. The fourth-order valence-electron chi connectivity index (χ4n) is 3.80. The quantitative estimate of drug-likeness (QED) is 0.535. The molecule has 8 nitrogen and oxygen atoms in total. The number of para-hydroxylation sites is 1. The van der Waals surface area contributed by atoms with Gasteiger partial charge in [-0.15, -0.1) is 0 Å². The number of benzene rings is 1. The zero-order chi connectivity index (χ0) is 20.5. The molecule has 0 radical (unpaired) electrons. The summed E-state index contributed by atoms with van der Waals surface area (Å²) in [5.41, 5.74) is 4.73. The van der Waals surface area contributed by atoms with E-state index in [1.54, 1.807) is 18.6 Å². The molecule has 0 amide bonds. The Morgan fingerprint density at radius 3 is 3.00 bits per heavy atom. The van der Waals surface area contributed by atoms with Crippen LogP contribution < -0.4 is 21.3 Å². The van der Waals surface area contributed by atoms with Crippen molar-refractivity contribution in [3.63, 3.8) is 0 Å². The molecular formula is C22H20N8. The Bertz CT molecular complexity index is 1210. The van der Waals surface area contributed by atoms with Crippen molar-refractivity contribution in [3.05, 3.63) is 71.3 Å². The molecular weight excluding hydrogens is 376 g/mol. The fraction of sp³-hybridized carbons (Fsp3) is 0.182. The molecule has 1 unspecified atom stereocenters. The predicted octanol–water partition coefficient (Wildman–Crippen LogP) is 2.10. The number of fused-ring (bicyclic) bond motifs is 2. The van der Waals surface area contributed by atoms with Gasteiger partial charge in [0.2, 0.25) is 0 Å². The standard InChI is InChI=1S/C22H20N8/c1-13(29-22-20-21(26-11-25-20)27-12-28-22)16-9-14-5-4-6-15(10-23)18(14)30-19(16)17-7-2-3-8-24-17/h2-9,12-13,21,25-26,29H,11H2,1H3,(H,27,28)/t13-,21?/m0/s1. The van der Waals surface area contributed by atoms with Crippen LogP contribution in [-0.4, -0.2) is 29.1 Å². The summed E-state index contributed by atoms with van der Waals surface area (Å²) in [6.45, 7) is 2.76. The third kappa shape index (κ3) is 3.11. The van der Waals surface area contributed by atoms with Crippen LogP contribution in [0.5, 0.6) is 0 Å². The van der Waals surface area contributed by atoms with E-state index in [0.717, 1.165) is 33.9 Å². The van der Waals surface area contributed by atoms with Crippen molar-refractivity contribution < 1.29 is 0 Å². The van der Waals surface area contributed by atoms with Crippen molar-refractivity contribution in [1.82, 2.24) is 31.2 Å². The van der Waals surface area contributed by atoms with Gasteiger partial charge in [0.15, 0.2) is 5.82 Å². The molecule has 4 heterocycles. The molecule has 2 atom stereocenters. The molecule has 0 aliphatic carbocycles. The number of hydrogen-bond acceptors (Lipinski definition) is 8. The van der Waals surface area contributed by atoms with Crippen molar-refractivity contribution >= 4 is 17.2 Å². The minimum Gasteiger partial charge on any atom is -0.370 e. The molecule has 3 aromatic rings. The number of aromatic nitrogens is 2. The Labute approximate surface area is 173 Å². The number of nitriles is 1. The van der Waals surface area contributed by atoms with Gasteiger partial charge in [0, 0.05) is 17.1 Å². The van der Waals surface area contributed by atoms with Crippen LogP contribution >= 0.6 is 0 Å². The summed E-state index contributed by atoms with van der Waals surface area (Å²) < 4.78 is 0. The van der Waals surface area contributed by atoms with E-state index in [9.17, 15) is 5.26 Å². The van der Waals surface area contributed by atoms with Gasteiger partial charge in [0.05, 0.1) is 47.2 Å². The monoisotopic (exact) mass is 396 g/mol. The number of rotatable bonds is 4. The first-order chi connectivity index (χ1) is 14.7. The van der Waals surface area contributed by atoms with Gasteiger partial charge >= 0.3 is 0 Å².